The number of Topliss-reactive ketones (excluding diaryl/α,β-unsaturated/α-hetero) is 3. The SMILES string of the molecule is C=C(O)CCC(CP(=O)([O-])CC(NCC(=O)[C@@]1(O)CC2=C(O)C3C(=O)c4cccc(OC)c4C(=O)C3C(O)=C2[C@H](O[C@H]2CC(N)C(O)[C@H](C)O2)C1)C(=O)O)C(=O)O. The van der Waals surface area contributed by atoms with Gasteiger partial charge >= 0.3 is 11.9 Å². The molecule has 312 valence electrons. The second-order valence-electron chi connectivity index (χ2n) is 14.9. The van der Waals surface area contributed by atoms with Crippen molar-refractivity contribution in [2.75, 3.05) is 26.0 Å². The lowest BCUT2D eigenvalue weighted by atomic mass is 9.63. The summed E-state index contributed by atoms with van der Waals surface area (Å²) in [6, 6.07) is 1.41. The Morgan fingerprint density at radius 2 is 1.77 bits per heavy atom. The monoisotopic (exact) mass is 821 g/mol. The molecule has 5 rings (SSSR count). The molecular weight excluding hydrogens is 775 g/mol. The van der Waals surface area contributed by atoms with E-state index >= 15 is 0 Å². The fraction of sp³-hybridized carbons (Fsp3) is 0.541. The number of nitrogens with two attached hydrogens (primary N) is 1. The van der Waals surface area contributed by atoms with E-state index in [-0.39, 0.29) is 53.0 Å². The molecule has 0 bridgehead atoms. The Kier molecular flexibility index (Phi) is 12.9. The van der Waals surface area contributed by atoms with Gasteiger partial charge in [0.25, 0.3) is 0 Å². The van der Waals surface area contributed by atoms with Crippen molar-refractivity contribution < 1.29 is 83.4 Å². The van der Waals surface area contributed by atoms with E-state index < -0.39 is 140 Å². The highest BCUT2D eigenvalue weighted by molar-refractivity contribution is 7.56. The van der Waals surface area contributed by atoms with E-state index in [0.717, 1.165) is 0 Å². The number of nitrogens with one attached hydrogen (secondary N) is 1. The summed E-state index contributed by atoms with van der Waals surface area (Å²) >= 11 is 0. The van der Waals surface area contributed by atoms with Gasteiger partial charge in [-0.05, 0) is 19.4 Å². The standard InChI is InChI=1S/C37H47N2O17P/c1-15(40)7-8-17(35(47)48)13-57(52,53)14-21(36(49)50)39-12-24(41)37(51)10-19-27(23(11-37)56-25-9-20(38)30(42)16(2)55-25)34(46)29-28(32(19)44)31(43)18-5-4-6-22(54-3)26(18)33(29)45/h4-6,16-17,20-21,23,25,28-30,39-40,42,44,46,51H,1,7-14,38H2,2-3H3,(H,47,48)(H,49,50)(H,52,53)/p-1/t16-,17?,20?,21?,23+,25-,28?,29?,30?,37+/m0/s1. The molecule has 1 heterocycles. The minimum absolute atomic E-state index is 0.0418. The van der Waals surface area contributed by atoms with Crippen LogP contribution in [0.5, 0.6) is 5.75 Å². The molecule has 1 saturated heterocycles. The molecule has 19 nitrogen and oxygen atoms in total. The zero-order valence-corrected chi connectivity index (χ0v) is 31.9. The first kappa shape index (κ1) is 43.7. The molecule has 1 aromatic rings. The summed E-state index contributed by atoms with van der Waals surface area (Å²) in [5.74, 6) is -12.5. The maximum Gasteiger partial charge on any atom is 0.321 e. The number of carboxylic acid groups (broad SMARTS) is 2. The van der Waals surface area contributed by atoms with Crippen molar-refractivity contribution in [2.24, 2.45) is 23.5 Å². The number of fused-ring (bicyclic) bond motifs is 3. The summed E-state index contributed by atoms with van der Waals surface area (Å²) in [5, 5.41) is 76.9. The Morgan fingerprint density at radius 3 is 2.37 bits per heavy atom. The number of aliphatic hydroxyl groups is 5. The molecule has 11 atom stereocenters. The van der Waals surface area contributed by atoms with Crippen LogP contribution in [0.15, 0.2) is 53.2 Å². The highest BCUT2D eigenvalue weighted by Gasteiger charge is 2.57. The van der Waals surface area contributed by atoms with Crippen LogP contribution in [0.3, 0.4) is 0 Å². The van der Waals surface area contributed by atoms with Crippen LogP contribution in [0.2, 0.25) is 0 Å². The Bertz CT molecular complexity index is 1950. The van der Waals surface area contributed by atoms with Gasteiger partial charge in [0.1, 0.15) is 28.9 Å². The number of aliphatic hydroxyl groups excluding tert-OH is 4. The maximum atomic E-state index is 14.0. The van der Waals surface area contributed by atoms with Crippen molar-refractivity contribution in [3.8, 4) is 5.75 Å². The van der Waals surface area contributed by atoms with Crippen LogP contribution >= 0.6 is 7.37 Å². The summed E-state index contributed by atoms with van der Waals surface area (Å²) in [6.45, 7) is 3.77. The number of ketones is 3. The third kappa shape index (κ3) is 8.85. The second-order valence-corrected chi connectivity index (χ2v) is 17.3. The van der Waals surface area contributed by atoms with E-state index in [1.165, 1.54) is 32.2 Å². The van der Waals surface area contributed by atoms with Gasteiger partial charge in [0, 0.05) is 68.1 Å². The fourth-order valence-corrected chi connectivity index (χ4v) is 9.94. The number of rotatable bonds is 16. The first-order valence-electron chi connectivity index (χ1n) is 18.1. The van der Waals surface area contributed by atoms with Gasteiger partial charge in [0.2, 0.25) is 0 Å². The van der Waals surface area contributed by atoms with Crippen molar-refractivity contribution in [1.29, 1.82) is 0 Å². The van der Waals surface area contributed by atoms with Gasteiger partial charge in [-0.15, -0.1) is 0 Å². The molecule has 0 radical (unpaired) electrons. The lowest BCUT2D eigenvalue weighted by Crippen LogP contribution is -2.56. The summed E-state index contributed by atoms with van der Waals surface area (Å²) in [5.41, 5.74) is 2.77. The Morgan fingerprint density at radius 1 is 1.11 bits per heavy atom. The van der Waals surface area contributed by atoms with E-state index in [0.29, 0.717) is 0 Å². The molecule has 1 aliphatic heterocycles. The van der Waals surface area contributed by atoms with Crippen LogP contribution in [-0.2, 0) is 28.4 Å². The van der Waals surface area contributed by atoms with Gasteiger partial charge in [-0.25, -0.2) is 0 Å². The predicted molar refractivity (Wildman–Crippen MR) is 194 cm³/mol. The molecule has 4 aliphatic rings. The smallest absolute Gasteiger partial charge is 0.321 e. The molecule has 1 saturated carbocycles. The first-order chi connectivity index (χ1) is 26.6. The molecular formula is C37H46N2O17P-. The number of carbonyl (C=O) groups is 5. The van der Waals surface area contributed by atoms with Crippen molar-refractivity contribution in [3.63, 3.8) is 0 Å². The average molecular weight is 822 g/mol. The highest BCUT2D eigenvalue weighted by Crippen LogP contribution is 2.52. The quantitative estimate of drug-likeness (QED) is 0.0809. The van der Waals surface area contributed by atoms with Gasteiger partial charge in [0.15, 0.2) is 23.6 Å². The lowest BCUT2D eigenvalue weighted by Gasteiger charge is -2.46. The first-order valence-corrected chi connectivity index (χ1v) is 20.1. The summed E-state index contributed by atoms with van der Waals surface area (Å²) in [4.78, 5) is 78.6. The molecule has 3 aliphatic carbocycles. The van der Waals surface area contributed by atoms with Crippen LogP contribution in [0.25, 0.3) is 0 Å². The zero-order valence-electron chi connectivity index (χ0n) is 31.0. The zero-order chi connectivity index (χ0) is 42.3. The number of carbonyl (C=O) groups excluding carboxylic acids is 3. The minimum atomic E-state index is -4.78. The van der Waals surface area contributed by atoms with Gasteiger partial charge in [-0.3, -0.25) is 29.3 Å². The van der Waals surface area contributed by atoms with E-state index in [4.69, 9.17) is 19.9 Å². The molecule has 7 unspecified atom stereocenters. The molecule has 0 spiro atoms. The lowest BCUT2D eigenvalue weighted by molar-refractivity contribution is -0.240. The van der Waals surface area contributed by atoms with Crippen molar-refractivity contribution in [2.45, 2.75) is 81.3 Å². The summed E-state index contributed by atoms with van der Waals surface area (Å²) in [7, 11) is -3.50. The number of carboxylic acids is 2. The largest absolute Gasteiger partial charge is 0.799 e. The molecule has 0 amide bonds. The molecule has 10 N–H and O–H groups in total. The number of aliphatic carboxylic acids is 2. The van der Waals surface area contributed by atoms with Gasteiger partial charge in [-0.2, -0.15) is 0 Å². The molecule has 1 aromatic carbocycles. The van der Waals surface area contributed by atoms with Crippen molar-refractivity contribution in [3.05, 3.63) is 64.3 Å². The number of ether oxygens (including phenoxy) is 3. The molecule has 2 fully saturated rings. The number of hydrogen-bond donors (Lipinski definition) is 9. The molecule has 20 heteroatoms. The summed E-state index contributed by atoms with van der Waals surface area (Å²) in [6.07, 6.45) is -8.92. The minimum Gasteiger partial charge on any atom is -0.799 e. The van der Waals surface area contributed by atoms with Crippen molar-refractivity contribution in [1.82, 2.24) is 5.32 Å². The van der Waals surface area contributed by atoms with E-state index in [2.05, 4.69) is 11.9 Å². The second kappa shape index (κ2) is 16.8. The third-order valence-electron chi connectivity index (χ3n) is 11.0. The Balaban J connectivity index is 1.46. The van der Waals surface area contributed by atoms with Crippen LogP contribution in [0, 0.1) is 17.8 Å². The van der Waals surface area contributed by atoms with E-state index in [1.54, 1.807) is 0 Å². The third-order valence-corrected chi connectivity index (χ3v) is 12.9. The van der Waals surface area contributed by atoms with Crippen LogP contribution < -0.4 is 20.7 Å². The van der Waals surface area contributed by atoms with E-state index in [1.807, 2.05) is 0 Å². The number of benzene rings is 1. The molecule has 0 aromatic heterocycles. The summed E-state index contributed by atoms with van der Waals surface area (Å²) < 4.78 is 30.2. The van der Waals surface area contributed by atoms with E-state index in [9.17, 15) is 69.2 Å². The fourth-order valence-electron chi connectivity index (χ4n) is 7.93. The average Bonchev–Trinajstić information content (AvgIpc) is 3.13. The maximum absolute atomic E-state index is 14.0. The normalized spacial score (nSPS) is 30.7. The van der Waals surface area contributed by atoms with Crippen molar-refractivity contribution >= 4 is 36.7 Å². The van der Waals surface area contributed by atoms with Crippen LogP contribution in [-0.4, -0.2) is 133 Å². The number of hydrogen-bond acceptors (Lipinski definition) is 17. The van der Waals surface area contributed by atoms with Crippen LogP contribution in [0.4, 0.5) is 0 Å². The van der Waals surface area contributed by atoms with Gasteiger partial charge in [-0.1, -0.05) is 18.7 Å². The van der Waals surface area contributed by atoms with Crippen LogP contribution in [0.1, 0.15) is 59.7 Å². The number of allylic oxidation sites excluding steroid dienone is 3. The number of methoxy groups -OCH3 is 1. The topological polar surface area (TPSA) is 333 Å². The highest BCUT2D eigenvalue weighted by atomic mass is 31.2. The molecule has 57 heavy (non-hydrogen) atoms. The van der Waals surface area contributed by atoms with Gasteiger partial charge in [0.05, 0.1) is 61.0 Å². The Hall–Kier alpha value is -4.46. The Labute approximate surface area is 325 Å². The predicted octanol–water partition coefficient (Wildman–Crippen LogP) is 0.481. The van der Waals surface area contributed by atoms with Gasteiger partial charge < -0.3 is 65.1 Å².